The lowest BCUT2D eigenvalue weighted by molar-refractivity contribution is 0.0547. The van der Waals surface area contributed by atoms with Gasteiger partial charge in [0.1, 0.15) is 11.3 Å². The maximum Gasteiger partial charge on any atom is 0.419 e. The van der Waals surface area contributed by atoms with Gasteiger partial charge in [-0.25, -0.2) is 9.36 Å². The second-order valence-electron chi connectivity index (χ2n) is 12.0. The van der Waals surface area contributed by atoms with Crippen molar-refractivity contribution in [2.24, 2.45) is 5.73 Å². The summed E-state index contributed by atoms with van der Waals surface area (Å²) in [5.74, 6) is -0.520. The molecule has 3 N–H and O–H groups in total. The van der Waals surface area contributed by atoms with E-state index in [0.29, 0.717) is 34.6 Å². The number of nitrogens with zero attached hydrogens (tertiary/aromatic N) is 2. The minimum absolute atomic E-state index is 0.111. The number of aromatic nitrogens is 3. The summed E-state index contributed by atoms with van der Waals surface area (Å²) in [5, 5.41) is 9.21. The molecule has 0 atom stereocenters. The van der Waals surface area contributed by atoms with E-state index in [1.54, 1.807) is 22.8 Å². The van der Waals surface area contributed by atoms with Crippen LogP contribution in [0.15, 0.2) is 42.5 Å². The second kappa shape index (κ2) is 9.15. The first-order valence-electron chi connectivity index (χ1n) is 12.4. The summed E-state index contributed by atoms with van der Waals surface area (Å²) < 4.78 is 13.7. The molecule has 0 aliphatic heterocycles. The highest BCUT2D eigenvalue weighted by atomic mass is 28.4. The molecule has 0 bridgehead atoms. The zero-order valence-electron chi connectivity index (χ0n) is 22.9. The summed E-state index contributed by atoms with van der Waals surface area (Å²) in [6, 6.07) is 13.0. The van der Waals surface area contributed by atoms with E-state index in [9.17, 15) is 9.59 Å². The standard InChI is InChI=1S/C28H36N4O4Si/c1-27(2,3)36-26(34)32-22-12-9-17(16-35-37(7,8)28(4,5)6)13-19(22)15-23(32)24-20-11-10-18(25(29)33)14-21(20)30-31-24/h9-15H,16H2,1-8H3,(H2,29,33)(H,30,31). The summed E-state index contributed by atoms with van der Waals surface area (Å²) in [6.45, 7) is 17.1. The molecule has 4 aromatic rings. The first kappa shape index (κ1) is 26.6. The molecule has 37 heavy (non-hydrogen) atoms. The van der Waals surface area contributed by atoms with Gasteiger partial charge >= 0.3 is 6.09 Å². The number of hydrogen-bond donors (Lipinski definition) is 2. The molecule has 196 valence electrons. The van der Waals surface area contributed by atoms with Crippen LogP contribution in [0.3, 0.4) is 0 Å². The van der Waals surface area contributed by atoms with Gasteiger partial charge in [0.2, 0.25) is 5.91 Å². The lowest BCUT2D eigenvalue weighted by Gasteiger charge is -2.36. The number of rotatable bonds is 5. The predicted octanol–water partition coefficient (Wildman–Crippen LogP) is 6.59. The Bertz CT molecular complexity index is 1500. The Hall–Kier alpha value is -3.43. The van der Waals surface area contributed by atoms with Crippen molar-refractivity contribution in [3.63, 3.8) is 0 Å². The number of amides is 1. The van der Waals surface area contributed by atoms with Crippen molar-refractivity contribution in [2.75, 3.05) is 0 Å². The minimum Gasteiger partial charge on any atom is -0.443 e. The van der Waals surface area contributed by atoms with Crippen LogP contribution in [-0.4, -0.2) is 40.7 Å². The Labute approximate surface area is 218 Å². The Morgan fingerprint density at radius 1 is 1.03 bits per heavy atom. The van der Waals surface area contributed by atoms with E-state index < -0.39 is 25.9 Å². The zero-order chi connectivity index (χ0) is 27.3. The number of carbonyl (C=O) groups is 2. The first-order chi connectivity index (χ1) is 17.1. The fraction of sp³-hybridized carbons (Fsp3) is 0.393. The molecular formula is C28H36N4O4Si. The number of fused-ring (bicyclic) bond motifs is 2. The largest absolute Gasteiger partial charge is 0.443 e. The van der Waals surface area contributed by atoms with Crippen molar-refractivity contribution in [3.05, 3.63) is 53.6 Å². The molecule has 2 heterocycles. The summed E-state index contributed by atoms with van der Waals surface area (Å²) in [4.78, 5) is 25.0. The Balaban J connectivity index is 1.82. The van der Waals surface area contributed by atoms with Gasteiger partial charge in [-0.3, -0.25) is 9.89 Å². The topological polar surface area (TPSA) is 112 Å². The lowest BCUT2D eigenvalue weighted by atomic mass is 10.1. The van der Waals surface area contributed by atoms with Gasteiger partial charge in [-0.15, -0.1) is 0 Å². The van der Waals surface area contributed by atoms with Crippen molar-refractivity contribution in [1.29, 1.82) is 0 Å². The number of ether oxygens (including phenoxy) is 1. The predicted molar refractivity (Wildman–Crippen MR) is 149 cm³/mol. The van der Waals surface area contributed by atoms with Crippen LogP contribution >= 0.6 is 0 Å². The van der Waals surface area contributed by atoms with Gasteiger partial charge in [-0.2, -0.15) is 5.10 Å². The van der Waals surface area contributed by atoms with E-state index >= 15 is 0 Å². The number of carbonyl (C=O) groups excluding carboxylic acids is 2. The average molecular weight is 521 g/mol. The molecule has 0 unspecified atom stereocenters. The second-order valence-corrected chi connectivity index (χ2v) is 16.8. The van der Waals surface area contributed by atoms with Crippen molar-refractivity contribution in [1.82, 2.24) is 14.8 Å². The number of hydrogen-bond acceptors (Lipinski definition) is 5. The van der Waals surface area contributed by atoms with Crippen LogP contribution in [0, 0.1) is 0 Å². The third kappa shape index (κ3) is 5.33. The van der Waals surface area contributed by atoms with Crippen molar-refractivity contribution in [2.45, 2.75) is 71.9 Å². The smallest absolute Gasteiger partial charge is 0.419 e. The summed E-state index contributed by atoms with van der Waals surface area (Å²) in [5.41, 5.74) is 8.70. The van der Waals surface area contributed by atoms with Gasteiger partial charge in [0.25, 0.3) is 0 Å². The van der Waals surface area contributed by atoms with E-state index in [1.165, 1.54) is 0 Å². The molecule has 2 aromatic heterocycles. The average Bonchev–Trinajstić information content (AvgIpc) is 3.36. The van der Waals surface area contributed by atoms with E-state index in [4.69, 9.17) is 14.9 Å². The molecule has 0 fully saturated rings. The molecule has 0 aliphatic rings. The number of nitrogens with one attached hydrogen (secondary N) is 1. The monoisotopic (exact) mass is 520 g/mol. The molecule has 0 saturated heterocycles. The van der Waals surface area contributed by atoms with Gasteiger partial charge < -0.3 is 14.9 Å². The summed E-state index contributed by atoms with van der Waals surface area (Å²) in [7, 11) is -1.92. The molecular weight excluding hydrogens is 484 g/mol. The van der Waals surface area contributed by atoms with Crippen molar-refractivity contribution in [3.8, 4) is 11.4 Å². The lowest BCUT2D eigenvalue weighted by Crippen LogP contribution is -2.40. The Kier molecular flexibility index (Phi) is 6.58. The van der Waals surface area contributed by atoms with Crippen LogP contribution < -0.4 is 5.73 Å². The molecule has 8 nitrogen and oxygen atoms in total. The van der Waals surface area contributed by atoms with E-state index in [2.05, 4.69) is 44.1 Å². The fourth-order valence-corrected chi connectivity index (χ4v) is 4.84. The maximum atomic E-state index is 13.4. The van der Waals surface area contributed by atoms with Crippen LogP contribution in [0.25, 0.3) is 33.2 Å². The van der Waals surface area contributed by atoms with Crippen LogP contribution in [0.4, 0.5) is 4.79 Å². The number of aromatic amines is 1. The SMILES string of the molecule is CC(C)(C)OC(=O)n1c(-c2n[nH]c3cc(C(N)=O)ccc23)cc2cc(CO[Si](C)(C)C(C)(C)C)ccc21. The molecule has 0 aliphatic carbocycles. The molecule has 0 saturated carbocycles. The number of benzene rings is 2. The zero-order valence-corrected chi connectivity index (χ0v) is 23.9. The number of nitrogens with two attached hydrogens (primary N) is 1. The van der Waals surface area contributed by atoms with E-state index in [1.807, 2.05) is 45.0 Å². The van der Waals surface area contributed by atoms with Crippen LogP contribution in [0.2, 0.25) is 18.1 Å². The molecule has 2 aromatic carbocycles. The van der Waals surface area contributed by atoms with Gasteiger partial charge in [0.05, 0.1) is 23.3 Å². The Morgan fingerprint density at radius 2 is 1.73 bits per heavy atom. The third-order valence-electron chi connectivity index (χ3n) is 6.94. The van der Waals surface area contributed by atoms with Gasteiger partial charge in [-0.05, 0) is 80.9 Å². The molecule has 1 amide bonds. The van der Waals surface area contributed by atoms with Gasteiger partial charge in [0, 0.05) is 16.3 Å². The van der Waals surface area contributed by atoms with Crippen LogP contribution in [0.5, 0.6) is 0 Å². The highest BCUT2D eigenvalue weighted by Gasteiger charge is 2.37. The molecule has 4 rings (SSSR count). The molecule has 0 spiro atoms. The quantitative estimate of drug-likeness (QED) is 0.288. The van der Waals surface area contributed by atoms with Crippen LogP contribution in [-0.2, 0) is 15.8 Å². The first-order valence-corrected chi connectivity index (χ1v) is 15.3. The fourth-order valence-electron chi connectivity index (χ4n) is 3.88. The summed E-state index contributed by atoms with van der Waals surface area (Å²) >= 11 is 0. The maximum absolute atomic E-state index is 13.4. The van der Waals surface area contributed by atoms with E-state index in [0.717, 1.165) is 16.3 Å². The van der Waals surface area contributed by atoms with Crippen molar-refractivity contribution >= 4 is 42.1 Å². The Morgan fingerprint density at radius 3 is 2.35 bits per heavy atom. The van der Waals surface area contributed by atoms with Gasteiger partial charge in [0.15, 0.2) is 8.32 Å². The van der Waals surface area contributed by atoms with Gasteiger partial charge in [-0.1, -0.05) is 26.8 Å². The number of primary amides is 1. The third-order valence-corrected chi connectivity index (χ3v) is 11.4. The number of H-pyrrole nitrogens is 1. The molecule has 9 heteroatoms. The minimum atomic E-state index is -1.92. The van der Waals surface area contributed by atoms with Crippen LogP contribution in [0.1, 0.15) is 57.5 Å². The van der Waals surface area contributed by atoms with E-state index in [-0.39, 0.29) is 5.04 Å². The normalized spacial score (nSPS) is 12.9. The van der Waals surface area contributed by atoms with Crippen molar-refractivity contribution < 1.29 is 18.8 Å². The highest BCUT2D eigenvalue weighted by molar-refractivity contribution is 6.74. The summed E-state index contributed by atoms with van der Waals surface area (Å²) in [6.07, 6.45) is -0.493. The molecule has 0 radical (unpaired) electrons. The highest BCUT2D eigenvalue weighted by Crippen LogP contribution is 2.38.